The number of aryl methyl sites for hydroxylation is 1. The lowest BCUT2D eigenvalue weighted by atomic mass is 10.00. The molecule has 0 saturated carbocycles. The van der Waals surface area contributed by atoms with Crippen LogP contribution in [0.15, 0.2) is 47.0 Å². The highest BCUT2D eigenvalue weighted by Gasteiger charge is 2.20. The average molecular weight is 303 g/mol. The first-order valence-corrected chi connectivity index (χ1v) is 6.72. The predicted octanol–water partition coefficient (Wildman–Crippen LogP) is 4.69. The molecule has 0 saturated heterocycles. The minimum Gasteiger partial charge on any atom is -0.380 e. The number of hydrogen-bond acceptors (Lipinski definition) is 3. The summed E-state index contributed by atoms with van der Waals surface area (Å²) in [7, 11) is 0. The number of rotatable bonds is 2. The Morgan fingerprint density at radius 2 is 1.86 bits per heavy atom. The molecule has 0 spiro atoms. The minimum atomic E-state index is -0.344. The van der Waals surface area contributed by atoms with E-state index >= 15 is 0 Å². The lowest BCUT2D eigenvalue weighted by molar-refractivity contribution is 0.433. The van der Waals surface area contributed by atoms with Gasteiger partial charge < -0.3 is 10.3 Å². The van der Waals surface area contributed by atoms with Gasteiger partial charge in [0.1, 0.15) is 5.82 Å². The summed E-state index contributed by atoms with van der Waals surface area (Å²) in [6.07, 6.45) is 0. The van der Waals surface area contributed by atoms with Crippen molar-refractivity contribution in [1.29, 1.82) is 0 Å². The summed E-state index contributed by atoms with van der Waals surface area (Å²) in [6, 6.07) is 12.2. The molecule has 0 radical (unpaired) electrons. The molecule has 0 aliphatic heterocycles. The number of nitrogen functional groups attached to an aromatic ring is 1. The van der Waals surface area contributed by atoms with Crippen molar-refractivity contribution in [1.82, 2.24) is 5.16 Å². The van der Waals surface area contributed by atoms with Crippen molar-refractivity contribution >= 4 is 17.4 Å². The quantitative estimate of drug-likeness (QED) is 0.747. The van der Waals surface area contributed by atoms with Crippen molar-refractivity contribution in [3.05, 3.63) is 58.9 Å². The van der Waals surface area contributed by atoms with Crippen molar-refractivity contribution < 1.29 is 8.91 Å². The Hall–Kier alpha value is -2.33. The van der Waals surface area contributed by atoms with Gasteiger partial charge in [-0.05, 0) is 36.2 Å². The average Bonchev–Trinajstić information content (AvgIpc) is 2.85. The summed E-state index contributed by atoms with van der Waals surface area (Å²) < 4.78 is 19.6. The van der Waals surface area contributed by atoms with Crippen LogP contribution in [0.5, 0.6) is 0 Å². The number of nitrogens with zero attached hydrogens (tertiary/aromatic N) is 1. The molecular formula is C16H12ClFN2O. The summed E-state index contributed by atoms with van der Waals surface area (Å²) in [6.45, 7) is 1.69. The van der Waals surface area contributed by atoms with Crippen molar-refractivity contribution in [3.63, 3.8) is 0 Å². The number of benzene rings is 2. The monoisotopic (exact) mass is 302 g/mol. The van der Waals surface area contributed by atoms with E-state index in [1.165, 1.54) is 0 Å². The summed E-state index contributed by atoms with van der Waals surface area (Å²) >= 11 is 5.89. The second kappa shape index (κ2) is 5.22. The Morgan fingerprint density at radius 3 is 2.57 bits per heavy atom. The van der Waals surface area contributed by atoms with Crippen LogP contribution in [0.4, 0.5) is 10.2 Å². The van der Waals surface area contributed by atoms with Crippen molar-refractivity contribution in [2.75, 3.05) is 5.73 Å². The van der Waals surface area contributed by atoms with Gasteiger partial charge in [-0.3, -0.25) is 0 Å². The van der Waals surface area contributed by atoms with Gasteiger partial charge in [0.15, 0.2) is 11.6 Å². The van der Waals surface area contributed by atoms with Crippen LogP contribution in [0.1, 0.15) is 5.56 Å². The summed E-state index contributed by atoms with van der Waals surface area (Å²) in [5, 5.41) is 4.37. The molecule has 106 valence electrons. The fourth-order valence-electron chi connectivity index (χ4n) is 2.20. The lowest BCUT2D eigenvalue weighted by Crippen LogP contribution is -1.91. The molecule has 0 aliphatic rings. The van der Waals surface area contributed by atoms with Gasteiger partial charge in [0.2, 0.25) is 0 Å². The fraction of sp³-hybridized carbons (Fsp3) is 0.0625. The van der Waals surface area contributed by atoms with Crippen molar-refractivity contribution in [2.45, 2.75) is 6.92 Å². The Morgan fingerprint density at radius 1 is 1.14 bits per heavy atom. The first kappa shape index (κ1) is 13.6. The second-order valence-corrected chi connectivity index (χ2v) is 5.15. The van der Waals surface area contributed by atoms with Crippen LogP contribution in [0, 0.1) is 12.7 Å². The number of anilines is 1. The van der Waals surface area contributed by atoms with E-state index < -0.39 is 0 Å². The number of hydrogen-bond donors (Lipinski definition) is 1. The molecule has 3 aromatic rings. The SMILES string of the molecule is Cc1cccc(-c2onc(N)c2-c2ccc(Cl)cc2)c1F. The molecule has 0 aliphatic carbocycles. The van der Waals surface area contributed by atoms with E-state index in [4.69, 9.17) is 21.9 Å². The Balaban J connectivity index is 2.22. The van der Waals surface area contributed by atoms with Crippen LogP contribution in [-0.4, -0.2) is 5.16 Å². The molecule has 2 N–H and O–H groups in total. The molecule has 1 heterocycles. The van der Waals surface area contributed by atoms with Gasteiger partial charge in [0.25, 0.3) is 0 Å². The zero-order valence-electron chi connectivity index (χ0n) is 11.2. The van der Waals surface area contributed by atoms with Crippen LogP contribution in [-0.2, 0) is 0 Å². The molecule has 0 amide bonds. The molecule has 0 fully saturated rings. The highest BCUT2D eigenvalue weighted by Crippen LogP contribution is 2.38. The molecular weight excluding hydrogens is 291 g/mol. The van der Waals surface area contributed by atoms with Crippen LogP contribution in [0.25, 0.3) is 22.5 Å². The van der Waals surface area contributed by atoms with E-state index in [1.54, 1.807) is 49.4 Å². The van der Waals surface area contributed by atoms with E-state index in [0.717, 1.165) is 5.56 Å². The zero-order valence-corrected chi connectivity index (χ0v) is 12.0. The lowest BCUT2D eigenvalue weighted by Gasteiger charge is -2.05. The van der Waals surface area contributed by atoms with E-state index in [9.17, 15) is 4.39 Å². The number of aromatic nitrogens is 1. The van der Waals surface area contributed by atoms with Crippen LogP contribution < -0.4 is 5.73 Å². The number of nitrogens with two attached hydrogens (primary N) is 1. The van der Waals surface area contributed by atoms with Crippen molar-refractivity contribution in [2.24, 2.45) is 0 Å². The van der Waals surface area contributed by atoms with Gasteiger partial charge in [-0.25, -0.2) is 4.39 Å². The molecule has 0 bridgehead atoms. The second-order valence-electron chi connectivity index (χ2n) is 4.72. The molecule has 0 atom stereocenters. The largest absolute Gasteiger partial charge is 0.380 e. The zero-order chi connectivity index (χ0) is 15.0. The Labute approximate surface area is 126 Å². The van der Waals surface area contributed by atoms with Gasteiger partial charge in [-0.1, -0.05) is 41.0 Å². The molecule has 3 rings (SSSR count). The van der Waals surface area contributed by atoms with Gasteiger partial charge in [-0.15, -0.1) is 0 Å². The molecule has 5 heteroatoms. The fourth-order valence-corrected chi connectivity index (χ4v) is 2.33. The summed E-state index contributed by atoms with van der Waals surface area (Å²) in [5.41, 5.74) is 8.08. The van der Waals surface area contributed by atoms with Crippen LogP contribution in [0.2, 0.25) is 5.02 Å². The van der Waals surface area contributed by atoms with Gasteiger partial charge in [0.05, 0.1) is 11.1 Å². The molecule has 21 heavy (non-hydrogen) atoms. The summed E-state index contributed by atoms with van der Waals surface area (Å²) in [4.78, 5) is 0. The van der Waals surface area contributed by atoms with Gasteiger partial charge in [-0.2, -0.15) is 0 Å². The highest BCUT2D eigenvalue weighted by molar-refractivity contribution is 6.30. The molecule has 3 nitrogen and oxygen atoms in total. The number of halogens is 2. The Bertz CT molecular complexity index is 797. The Kier molecular flexibility index (Phi) is 3.39. The standard InChI is InChI=1S/C16H12ClFN2O/c1-9-3-2-4-12(14(9)18)15-13(16(19)20-21-15)10-5-7-11(17)8-6-10/h2-8H,1H3,(H2,19,20). The van der Waals surface area contributed by atoms with Crippen molar-refractivity contribution in [3.8, 4) is 22.5 Å². The highest BCUT2D eigenvalue weighted by atomic mass is 35.5. The van der Waals surface area contributed by atoms with E-state index in [-0.39, 0.29) is 11.6 Å². The molecule has 1 aromatic heterocycles. The third kappa shape index (κ3) is 2.38. The van der Waals surface area contributed by atoms with E-state index in [1.807, 2.05) is 0 Å². The third-order valence-corrected chi connectivity index (χ3v) is 3.54. The third-order valence-electron chi connectivity index (χ3n) is 3.29. The normalized spacial score (nSPS) is 10.8. The molecule has 0 unspecified atom stereocenters. The summed E-state index contributed by atoms with van der Waals surface area (Å²) in [5.74, 6) is 0.188. The van der Waals surface area contributed by atoms with E-state index in [0.29, 0.717) is 27.5 Å². The first-order valence-electron chi connectivity index (χ1n) is 6.34. The topological polar surface area (TPSA) is 52.0 Å². The van der Waals surface area contributed by atoms with Gasteiger partial charge in [0, 0.05) is 5.02 Å². The maximum atomic E-state index is 14.3. The predicted molar refractivity (Wildman–Crippen MR) is 81.5 cm³/mol. The van der Waals surface area contributed by atoms with Crippen LogP contribution >= 0.6 is 11.6 Å². The maximum absolute atomic E-state index is 14.3. The van der Waals surface area contributed by atoms with Crippen LogP contribution in [0.3, 0.4) is 0 Å². The smallest absolute Gasteiger partial charge is 0.179 e. The van der Waals surface area contributed by atoms with Gasteiger partial charge >= 0.3 is 0 Å². The maximum Gasteiger partial charge on any atom is 0.179 e. The molecule has 2 aromatic carbocycles. The van der Waals surface area contributed by atoms with E-state index in [2.05, 4.69) is 5.16 Å². The minimum absolute atomic E-state index is 0.216. The first-order chi connectivity index (χ1) is 10.1.